The first kappa shape index (κ1) is 15.1. The van der Waals surface area contributed by atoms with Crippen LogP contribution in [-0.2, 0) is 23.3 Å². The fourth-order valence-corrected chi connectivity index (χ4v) is 2.32. The Morgan fingerprint density at radius 2 is 2.17 bits per heavy atom. The quantitative estimate of drug-likeness (QED) is 0.496. The molecule has 0 radical (unpaired) electrons. The maximum atomic E-state index is 11.1. The van der Waals surface area contributed by atoms with Gasteiger partial charge in [0.1, 0.15) is 0 Å². The van der Waals surface area contributed by atoms with Crippen molar-refractivity contribution in [3.05, 3.63) is 47.0 Å². The zero-order valence-electron chi connectivity index (χ0n) is 10.1. The van der Waals surface area contributed by atoms with E-state index in [0.29, 0.717) is 11.1 Å². The van der Waals surface area contributed by atoms with Gasteiger partial charge in [-0.3, -0.25) is 4.79 Å². The van der Waals surface area contributed by atoms with E-state index in [1.165, 1.54) is 0 Å². The molecule has 0 saturated heterocycles. The third-order valence-electron chi connectivity index (χ3n) is 2.53. The summed E-state index contributed by atoms with van der Waals surface area (Å²) in [6.07, 6.45) is 5.62. The van der Waals surface area contributed by atoms with E-state index in [2.05, 4.69) is 0 Å². The summed E-state index contributed by atoms with van der Waals surface area (Å²) in [6.45, 7) is 1.94. The third-order valence-corrected chi connectivity index (χ3v) is 3.30. The Morgan fingerprint density at radius 3 is 2.72 bits per heavy atom. The molecule has 0 bridgehead atoms. The zero-order chi connectivity index (χ0) is 13.5. The predicted molar refractivity (Wildman–Crippen MR) is 74.2 cm³/mol. The second kappa shape index (κ2) is 7.46. The molecule has 1 rings (SSSR count). The van der Waals surface area contributed by atoms with Crippen molar-refractivity contribution in [2.75, 3.05) is 0 Å². The van der Waals surface area contributed by atoms with Crippen molar-refractivity contribution in [3.63, 3.8) is 0 Å². The molecule has 0 aliphatic rings. The SMILES string of the molecule is CC=CCCc1ccc(C(=O)Cl)cc1CS(=O)O. The molecule has 0 aliphatic heterocycles. The van der Waals surface area contributed by atoms with Gasteiger partial charge in [-0.05, 0) is 54.6 Å². The summed E-state index contributed by atoms with van der Waals surface area (Å²) in [5.74, 6) is 0.0170. The topological polar surface area (TPSA) is 54.4 Å². The second-order valence-corrected chi connectivity index (χ2v) is 5.11. The Bertz CT molecular complexity index is 483. The summed E-state index contributed by atoms with van der Waals surface area (Å²) in [4.78, 5) is 11.1. The molecule has 0 saturated carbocycles. The van der Waals surface area contributed by atoms with Gasteiger partial charge >= 0.3 is 0 Å². The lowest BCUT2D eigenvalue weighted by atomic mass is 10.0. The van der Waals surface area contributed by atoms with Crippen LogP contribution in [0.25, 0.3) is 0 Å². The Labute approximate surface area is 114 Å². The number of benzene rings is 1. The Hall–Kier alpha value is -0.970. The van der Waals surface area contributed by atoms with E-state index in [9.17, 15) is 9.00 Å². The van der Waals surface area contributed by atoms with Crippen molar-refractivity contribution in [1.29, 1.82) is 0 Å². The van der Waals surface area contributed by atoms with Crippen LogP contribution in [0.15, 0.2) is 30.4 Å². The first-order valence-corrected chi connectivity index (χ1v) is 7.20. The van der Waals surface area contributed by atoms with E-state index in [1.54, 1.807) is 18.2 Å². The van der Waals surface area contributed by atoms with Crippen LogP contribution < -0.4 is 0 Å². The number of carbonyl (C=O) groups excluding carboxylic acids is 1. The lowest BCUT2D eigenvalue weighted by Gasteiger charge is -2.08. The van der Waals surface area contributed by atoms with Crippen molar-refractivity contribution in [3.8, 4) is 0 Å². The summed E-state index contributed by atoms with van der Waals surface area (Å²) in [5, 5.41) is -0.556. The highest BCUT2D eigenvalue weighted by molar-refractivity contribution is 7.78. The minimum atomic E-state index is -1.93. The molecule has 0 amide bonds. The van der Waals surface area contributed by atoms with Gasteiger partial charge in [-0.25, -0.2) is 4.21 Å². The average Bonchev–Trinajstić information content (AvgIpc) is 2.30. The van der Waals surface area contributed by atoms with Gasteiger partial charge in [0.05, 0.1) is 5.75 Å². The van der Waals surface area contributed by atoms with Crippen LogP contribution in [0, 0.1) is 0 Å². The molecule has 0 spiro atoms. The first-order valence-electron chi connectivity index (χ1n) is 5.55. The molecule has 18 heavy (non-hydrogen) atoms. The Morgan fingerprint density at radius 1 is 1.44 bits per heavy atom. The van der Waals surface area contributed by atoms with Crippen LogP contribution in [-0.4, -0.2) is 14.0 Å². The van der Waals surface area contributed by atoms with Crippen LogP contribution in [0.4, 0.5) is 0 Å². The average molecular weight is 287 g/mol. The fraction of sp³-hybridized carbons (Fsp3) is 0.308. The number of allylic oxidation sites excluding steroid dienone is 2. The molecule has 1 aromatic carbocycles. The fourth-order valence-electron chi connectivity index (χ4n) is 1.66. The lowest BCUT2D eigenvalue weighted by Crippen LogP contribution is -2.01. The highest BCUT2D eigenvalue weighted by Crippen LogP contribution is 2.17. The number of hydrogen-bond donors (Lipinski definition) is 1. The van der Waals surface area contributed by atoms with Crippen LogP contribution >= 0.6 is 11.6 Å². The molecular formula is C13H15ClO3S. The minimum Gasteiger partial charge on any atom is -0.306 e. The van der Waals surface area contributed by atoms with E-state index < -0.39 is 16.3 Å². The van der Waals surface area contributed by atoms with Gasteiger partial charge in [-0.1, -0.05) is 18.2 Å². The molecule has 98 valence electrons. The van der Waals surface area contributed by atoms with E-state index >= 15 is 0 Å². The predicted octanol–water partition coefficient (Wildman–Crippen LogP) is 3.30. The molecule has 0 fully saturated rings. The molecule has 0 aromatic heterocycles. The maximum absolute atomic E-state index is 11.1. The highest BCUT2D eigenvalue weighted by Gasteiger charge is 2.09. The van der Waals surface area contributed by atoms with E-state index in [4.69, 9.17) is 16.2 Å². The molecule has 0 aliphatic carbocycles. The normalized spacial score (nSPS) is 12.8. The standard InChI is InChI=1S/C13H15ClO3S/c1-2-3-4-5-10-6-7-11(13(14)15)8-12(10)9-18(16)17/h2-3,6-8H,4-5,9H2,1H3,(H,16,17). The van der Waals surface area contributed by atoms with E-state index in [1.807, 2.05) is 19.1 Å². The van der Waals surface area contributed by atoms with E-state index in [0.717, 1.165) is 18.4 Å². The summed E-state index contributed by atoms with van der Waals surface area (Å²) in [6, 6.07) is 5.03. The molecule has 1 unspecified atom stereocenters. The second-order valence-electron chi connectivity index (χ2n) is 3.83. The summed E-state index contributed by atoms with van der Waals surface area (Å²) in [5.41, 5.74) is 2.02. The zero-order valence-corrected chi connectivity index (χ0v) is 11.6. The Balaban J connectivity index is 3.00. The van der Waals surface area contributed by atoms with Gasteiger partial charge in [-0.15, -0.1) is 0 Å². The molecule has 1 aromatic rings. The summed E-state index contributed by atoms with van der Waals surface area (Å²) < 4.78 is 19.9. The van der Waals surface area contributed by atoms with Gasteiger partial charge < -0.3 is 4.55 Å². The molecule has 5 heteroatoms. The van der Waals surface area contributed by atoms with E-state index in [-0.39, 0.29) is 5.75 Å². The lowest BCUT2D eigenvalue weighted by molar-refractivity contribution is 0.108. The summed E-state index contributed by atoms with van der Waals surface area (Å²) >= 11 is 3.47. The molecule has 1 N–H and O–H groups in total. The van der Waals surface area contributed by atoms with Crippen molar-refractivity contribution in [1.82, 2.24) is 0 Å². The Kier molecular flexibility index (Phi) is 6.25. The molecule has 3 nitrogen and oxygen atoms in total. The van der Waals surface area contributed by atoms with Crippen molar-refractivity contribution >= 4 is 27.9 Å². The van der Waals surface area contributed by atoms with Crippen LogP contribution in [0.5, 0.6) is 0 Å². The third kappa shape index (κ3) is 4.72. The van der Waals surface area contributed by atoms with Gasteiger partial charge in [0.15, 0.2) is 11.1 Å². The summed E-state index contributed by atoms with van der Waals surface area (Å²) in [7, 11) is 0. The van der Waals surface area contributed by atoms with Crippen molar-refractivity contribution in [2.45, 2.75) is 25.5 Å². The highest BCUT2D eigenvalue weighted by atomic mass is 35.5. The largest absolute Gasteiger partial charge is 0.306 e. The molecule has 0 heterocycles. The number of halogens is 1. The van der Waals surface area contributed by atoms with Gasteiger partial charge in [-0.2, -0.15) is 0 Å². The molecular weight excluding hydrogens is 272 g/mol. The first-order chi connectivity index (χ1) is 8.54. The van der Waals surface area contributed by atoms with Crippen LogP contribution in [0.1, 0.15) is 34.8 Å². The number of hydrogen-bond acceptors (Lipinski definition) is 2. The minimum absolute atomic E-state index is 0.0170. The van der Waals surface area contributed by atoms with Crippen LogP contribution in [0.2, 0.25) is 0 Å². The number of aryl methyl sites for hydroxylation is 1. The number of carbonyl (C=O) groups is 1. The maximum Gasteiger partial charge on any atom is 0.252 e. The van der Waals surface area contributed by atoms with Crippen LogP contribution in [0.3, 0.4) is 0 Å². The smallest absolute Gasteiger partial charge is 0.252 e. The van der Waals surface area contributed by atoms with Gasteiger partial charge in [0, 0.05) is 5.56 Å². The van der Waals surface area contributed by atoms with Gasteiger partial charge in [0.25, 0.3) is 5.24 Å². The molecule has 1 atom stereocenters. The van der Waals surface area contributed by atoms with Gasteiger partial charge in [0.2, 0.25) is 0 Å². The number of rotatable bonds is 6. The van der Waals surface area contributed by atoms with Crippen molar-refractivity contribution < 1.29 is 13.6 Å². The monoisotopic (exact) mass is 286 g/mol. The van der Waals surface area contributed by atoms with Crippen molar-refractivity contribution in [2.24, 2.45) is 0 Å².